The fourth-order valence-corrected chi connectivity index (χ4v) is 2.99. The van der Waals surface area contributed by atoms with E-state index in [1.165, 1.54) is 24.8 Å². The third-order valence-electron chi connectivity index (χ3n) is 4.27. The largest absolute Gasteiger partial charge is 0.298 e. The van der Waals surface area contributed by atoms with E-state index in [0.717, 1.165) is 24.9 Å². The van der Waals surface area contributed by atoms with E-state index in [1.54, 1.807) is 0 Å². The standard InChI is InChI=1S/C21H21NO/c23-17-19-9-12-20(13-10-19)21(22-15-5-2-6-16-22)14-11-18-7-3-1-4-8-18/h1,3-4,7-10,12-13,17,21H,2,5-6,15-16H2. The van der Waals surface area contributed by atoms with Gasteiger partial charge in [0, 0.05) is 11.1 Å². The Morgan fingerprint density at radius 2 is 1.61 bits per heavy atom. The molecular formula is C21H21NO. The molecule has 0 aromatic heterocycles. The van der Waals surface area contributed by atoms with Gasteiger partial charge in [0.25, 0.3) is 0 Å². The lowest BCUT2D eigenvalue weighted by Gasteiger charge is -2.31. The fraction of sp³-hybridized carbons (Fsp3) is 0.286. The summed E-state index contributed by atoms with van der Waals surface area (Å²) in [6.45, 7) is 2.17. The maximum Gasteiger partial charge on any atom is 0.150 e. The lowest BCUT2D eigenvalue weighted by atomic mass is 10.0. The number of hydrogen-bond acceptors (Lipinski definition) is 2. The molecule has 23 heavy (non-hydrogen) atoms. The Labute approximate surface area is 138 Å². The van der Waals surface area contributed by atoms with E-state index in [2.05, 4.69) is 16.7 Å². The van der Waals surface area contributed by atoms with Gasteiger partial charge in [-0.2, -0.15) is 0 Å². The van der Waals surface area contributed by atoms with Crippen molar-refractivity contribution >= 4 is 6.29 Å². The highest BCUT2D eigenvalue weighted by Gasteiger charge is 2.20. The van der Waals surface area contributed by atoms with Crippen molar-refractivity contribution in [3.8, 4) is 11.8 Å². The van der Waals surface area contributed by atoms with Crippen LogP contribution in [0.3, 0.4) is 0 Å². The Bertz CT molecular complexity index is 688. The minimum atomic E-state index is 0.0937. The molecule has 3 rings (SSSR count). The van der Waals surface area contributed by atoms with Crippen molar-refractivity contribution in [3.05, 3.63) is 71.3 Å². The van der Waals surface area contributed by atoms with Gasteiger partial charge >= 0.3 is 0 Å². The second kappa shape index (κ2) is 7.76. The van der Waals surface area contributed by atoms with Gasteiger partial charge in [-0.3, -0.25) is 9.69 Å². The van der Waals surface area contributed by atoms with Crippen LogP contribution in [0.1, 0.15) is 46.8 Å². The molecule has 1 unspecified atom stereocenters. The predicted octanol–water partition coefficient (Wildman–Crippen LogP) is 4.08. The quantitative estimate of drug-likeness (QED) is 0.629. The first kappa shape index (κ1) is 15.5. The summed E-state index contributed by atoms with van der Waals surface area (Å²) in [6, 6.07) is 18.0. The Morgan fingerprint density at radius 3 is 2.26 bits per heavy atom. The minimum absolute atomic E-state index is 0.0937. The molecule has 1 aliphatic heterocycles. The van der Waals surface area contributed by atoms with Crippen molar-refractivity contribution in [2.75, 3.05) is 13.1 Å². The predicted molar refractivity (Wildman–Crippen MR) is 93.3 cm³/mol. The second-order valence-corrected chi connectivity index (χ2v) is 5.92. The summed E-state index contributed by atoms with van der Waals surface area (Å²) >= 11 is 0. The zero-order chi connectivity index (χ0) is 15.9. The van der Waals surface area contributed by atoms with Crippen LogP contribution in [0.2, 0.25) is 0 Å². The van der Waals surface area contributed by atoms with E-state index < -0.39 is 0 Å². The molecular weight excluding hydrogens is 282 g/mol. The maximum absolute atomic E-state index is 10.9. The van der Waals surface area contributed by atoms with E-state index in [1.807, 2.05) is 54.6 Å². The number of aldehydes is 1. The van der Waals surface area contributed by atoms with Crippen LogP contribution in [0.4, 0.5) is 0 Å². The molecule has 0 spiro atoms. The summed E-state index contributed by atoms with van der Waals surface area (Å²) in [7, 11) is 0. The summed E-state index contributed by atoms with van der Waals surface area (Å²) < 4.78 is 0. The second-order valence-electron chi connectivity index (χ2n) is 5.92. The lowest BCUT2D eigenvalue weighted by Crippen LogP contribution is -2.33. The van der Waals surface area contributed by atoms with E-state index in [9.17, 15) is 4.79 Å². The van der Waals surface area contributed by atoms with Gasteiger partial charge in [-0.25, -0.2) is 0 Å². The van der Waals surface area contributed by atoms with Crippen LogP contribution in [-0.2, 0) is 0 Å². The van der Waals surface area contributed by atoms with Crippen molar-refractivity contribution in [3.63, 3.8) is 0 Å². The van der Waals surface area contributed by atoms with E-state index in [4.69, 9.17) is 0 Å². The number of carbonyl (C=O) groups is 1. The van der Waals surface area contributed by atoms with Crippen LogP contribution in [0.15, 0.2) is 54.6 Å². The molecule has 0 N–H and O–H groups in total. The molecule has 0 aliphatic carbocycles. The minimum Gasteiger partial charge on any atom is -0.298 e. The SMILES string of the molecule is O=Cc1ccc(C(C#Cc2ccccc2)N2CCCCC2)cc1. The van der Waals surface area contributed by atoms with Crippen LogP contribution in [-0.4, -0.2) is 24.3 Å². The Kier molecular flexibility index (Phi) is 5.24. The molecule has 1 atom stereocenters. The topological polar surface area (TPSA) is 20.3 Å². The van der Waals surface area contributed by atoms with E-state index >= 15 is 0 Å². The summed E-state index contributed by atoms with van der Waals surface area (Å²) in [5.74, 6) is 6.76. The summed E-state index contributed by atoms with van der Waals surface area (Å²) in [5.41, 5.74) is 2.92. The lowest BCUT2D eigenvalue weighted by molar-refractivity contribution is 0.112. The van der Waals surface area contributed by atoms with Gasteiger partial charge in [-0.05, 0) is 43.6 Å². The van der Waals surface area contributed by atoms with Crippen molar-refractivity contribution in [2.24, 2.45) is 0 Å². The molecule has 1 aliphatic rings. The van der Waals surface area contributed by atoms with E-state index in [-0.39, 0.29) is 6.04 Å². The summed E-state index contributed by atoms with van der Waals surface area (Å²) in [6.07, 6.45) is 4.65. The van der Waals surface area contributed by atoms with Crippen molar-refractivity contribution in [2.45, 2.75) is 25.3 Å². The molecule has 1 heterocycles. The average molecular weight is 303 g/mol. The first-order valence-corrected chi connectivity index (χ1v) is 8.22. The summed E-state index contributed by atoms with van der Waals surface area (Å²) in [4.78, 5) is 13.3. The van der Waals surface area contributed by atoms with Gasteiger partial charge in [-0.1, -0.05) is 60.7 Å². The van der Waals surface area contributed by atoms with Gasteiger partial charge in [0.15, 0.2) is 0 Å². The molecule has 0 bridgehead atoms. The highest BCUT2D eigenvalue weighted by molar-refractivity contribution is 5.74. The maximum atomic E-state index is 10.9. The van der Waals surface area contributed by atoms with Gasteiger partial charge in [0.05, 0.1) is 6.04 Å². The molecule has 116 valence electrons. The third-order valence-corrected chi connectivity index (χ3v) is 4.27. The molecule has 2 nitrogen and oxygen atoms in total. The monoisotopic (exact) mass is 303 g/mol. The number of piperidine rings is 1. The first-order valence-electron chi connectivity index (χ1n) is 8.22. The number of nitrogens with zero attached hydrogens (tertiary/aromatic N) is 1. The zero-order valence-corrected chi connectivity index (χ0v) is 13.2. The molecule has 0 saturated carbocycles. The summed E-state index contributed by atoms with van der Waals surface area (Å²) in [5, 5.41) is 0. The number of carbonyl (C=O) groups excluding carboxylic acids is 1. The highest BCUT2D eigenvalue weighted by Crippen LogP contribution is 2.24. The number of benzene rings is 2. The van der Waals surface area contributed by atoms with Crippen LogP contribution in [0.25, 0.3) is 0 Å². The van der Waals surface area contributed by atoms with Crippen LogP contribution in [0.5, 0.6) is 0 Å². The molecule has 0 amide bonds. The average Bonchev–Trinajstić information content (AvgIpc) is 2.64. The molecule has 2 aromatic carbocycles. The van der Waals surface area contributed by atoms with Gasteiger partial charge in [0.1, 0.15) is 6.29 Å². The molecule has 1 saturated heterocycles. The van der Waals surface area contributed by atoms with Gasteiger partial charge in [0.2, 0.25) is 0 Å². The zero-order valence-electron chi connectivity index (χ0n) is 13.2. The van der Waals surface area contributed by atoms with Crippen molar-refractivity contribution in [1.29, 1.82) is 0 Å². The smallest absolute Gasteiger partial charge is 0.150 e. The Balaban J connectivity index is 1.89. The fourth-order valence-electron chi connectivity index (χ4n) is 2.99. The van der Waals surface area contributed by atoms with Crippen LogP contribution >= 0.6 is 0 Å². The Hall–Kier alpha value is -2.37. The van der Waals surface area contributed by atoms with Crippen molar-refractivity contribution < 1.29 is 4.79 Å². The number of rotatable bonds is 3. The highest BCUT2D eigenvalue weighted by atomic mass is 16.1. The first-order chi connectivity index (χ1) is 11.4. The van der Waals surface area contributed by atoms with Crippen LogP contribution in [0, 0.1) is 11.8 Å². The number of likely N-dealkylation sites (tertiary alicyclic amines) is 1. The number of hydrogen-bond donors (Lipinski definition) is 0. The molecule has 1 fully saturated rings. The Morgan fingerprint density at radius 1 is 0.913 bits per heavy atom. The van der Waals surface area contributed by atoms with E-state index in [0.29, 0.717) is 5.56 Å². The van der Waals surface area contributed by atoms with Crippen molar-refractivity contribution in [1.82, 2.24) is 4.90 Å². The van der Waals surface area contributed by atoms with Gasteiger partial charge in [-0.15, -0.1) is 0 Å². The molecule has 2 aromatic rings. The van der Waals surface area contributed by atoms with Gasteiger partial charge < -0.3 is 0 Å². The third kappa shape index (κ3) is 4.09. The molecule has 2 heteroatoms. The molecule has 0 radical (unpaired) electrons. The normalized spacial score (nSPS) is 16.2. The van der Waals surface area contributed by atoms with Crippen LogP contribution < -0.4 is 0 Å².